The molecule has 3 aromatic rings. The second-order valence-corrected chi connectivity index (χ2v) is 7.44. The highest BCUT2D eigenvalue weighted by Gasteiger charge is 2.22. The fraction of sp³-hybridized carbons (Fsp3) is 0.200. The summed E-state index contributed by atoms with van der Waals surface area (Å²) in [6.07, 6.45) is 0.0863. The molecule has 0 saturated carbocycles. The maximum atomic E-state index is 13.0. The Morgan fingerprint density at radius 1 is 0.800 bits per heavy atom. The second kappa shape index (κ2) is 9.74. The van der Waals surface area contributed by atoms with Gasteiger partial charge >= 0.3 is 6.03 Å². The molecule has 0 aliphatic heterocycles. The summed E-state index contributed by atoms with van der Waals surface area (Å²) in [7, 11) is 0. The van der Waals surface area contributed by atoms with E-state index in [2.05, 4.69) is 10.6 Å². The normalized spacial score (nSPS) is 12.6. The van der Waals surface area contributed by atoms with Crippen LogP contribution in [0, 0.1) is 13.8 Å². The van der Waals surface area contributed by atoms with Crippen molar-refractivity contribution in [3.8, 4) is 0 Å². The van der Waals surface area contributed by atoms with Crippen LogP contribution in [-0.2, 0) is 4.79 Å². The first-order valence-electron chi connectivity index (χ1n) is 9.96. The summed E-state index contributed by atoms with van der Waals surface area (Å²) < 4.78 is 0. The monoisotopic (exact) mass is 401 g/mol. The summed E-state index contributed by atoms with van der Waals surface area (Å²) in [5.74, 6) is -0.175. The van der Waals surface area contributed by atoms with Crippen LogP contribution in [0.3, 0.4) is 0 Å². The van der Waals surface area contributed by atoms with E-state index in [0.717, 1.165) is 27.8 Å². The summed E-state index contributed by atoms with van der Waals surface area (Å²) in [4.78, 5) is 24.6. The van der Waals surface area contributed by atoms with Crippen molar-refractivity contribution < 1.29 is 9.59 Å². The van der Waals surface area contributed by atoms with Gasteiger partial charge in [-0.05, 0) is 36.1 Å². The Morgan fingerprint density at radius 3 is 2.03 bits per heavy atom. The number of rotatable bonds is 7. The Kier molecular flexibility index (Phi) is 6.86. The van der Waals surface area contributed by atoms with Crippen LogP contribution in [0.2, 0.25) is 0 Å². The summed E-state index contributed by atoms with van der Waals surface area (Å²) in [6.45, 7) is 3.98. The lowest BCUT2D eigenvalue weighted by atomic mass is 9.96. The number of carbonyl (C=O) groups is 2. The van der Waals surface area contributed by atoms with E-state index < -0.39 is 12.1 Å². The lowest BCUT2D eigenvalue weighted by Crippen LogP contribution is -2.38. The second-order valence-electron chi connectivity index (χ2n) is 7.44. The fourth-order valence-electron chi connectivity index (χ4n) is 3.56. The van der Waals surface area contributed by atoms with Crippen molar-refractivity contribution in [1.29, 1.82) is 0 Å². The topological polar surface area (TPSA) is 84.2 Å². The van der Waals surface area contributed by atoms with Crippen LogP contribution >= 0.6 is 0 Å². The highest BCUT2D eigenvalue weighted by atomic mass is 16.2. The Morgan fingerprint density at radius 2 is 1.40 bits per heavy atom. The molecule has 0 spiro atoms. The van der Waals surface area contributed by atoms with Crippen molar-refractivity contribution in [2.75, 3.05) is 0 Å². The van der Waals surface area contributed by atoms with Crippen molar-refractivity contribution in [3.63, 3.8) is 0 Å². The van der Waals surface area contributed by atoms with Crippen LogP contribution in [-0.4, -0.2) is 11.9 Å². The number of aryl methyl sites for hydroxylation is 2. The van der Waals surface area contributed by atoms with Crippen LogP contribution in [0.15, 0.2) is 78.9 Å². The van der Waals surface area contributed by atoms with E-state index in [0.29, 0.717) is 0 Å². The molecule has 3 rings (SSSR count). The maximum absolute atomic E-state index is 13.0. The molecular formula is C25H27N3O2. The third-order valence-electron chi connectivity index (χ3n) is 5.12. The molecule has 3 aromatic carbocycles. The van der Waals surface area contributed by atoms with Crippen molar-refractivity contribution >= 4 is 11.9 Å². The number of amides is 3. The van der Waals surface area contributed by atoms with Crippen LogP contribution in [0.5, 0.6) is 0 Å². The molecule has 0 aliphatic carbocycles. The average Bonchev–Trinajstić information content (AvgIpc) is 2.73. The van der Waals surface area contributed by atoms with Gasteiger partial charge in [-0.15, -0.1) is 0 Å². The summed E-state index contributed by atoms with van der Waals surface area (Å²) in [6, 6.07) is 24.1. The zero-order chi connectivity index (χ0) is 21.5. The van der Waals surface area contributed by atoms with Crippen molar-refractivity contribution in [1.82, 2.24) is 10.6 Å². The third-order valence-corrected chi connectivity index (χ3v) is 5.12. The first kappa shape index (κ1) is 21.1. The number of urea groups is 1. The molecule has 2 unspecified atom stereocenters. The Balaban J connectivity index is 1.84. The van der Waals surface area contributed by atoms with Gasteiger partial charge in [0.05, 0.1) is 18.5 Å². The molecule has 0 heterocycles. The molecule has 30 heavy (non-hydrogen) atoms. The van der Waals surface area contributed by atoms with Crippen LogP contribution in [0.25, 0.3) is 0 Å². The van der Waals surface area contributed by atoms with E-state index in [-0.39, 0.29) is 18.4 Å². The number of benzene rings is 3. The fourth-order valence-corrected chi connectivity index (χ4v) is 3.56. The SMILES string of the molecule is Cc1ccc(C(NC(=O)CC(NC(N)=O)c2ccccc2C)c2ccccc2)cc1. The maximum Gasteiger partial charge on any atom is 0.312 e. The van der Waals surface area contributed by atoms with Crippen LogP contribution in [0.1, 0.15) is 46.3 Å². The molecule has 3 amide bonds. The van der Waals surface area contributed by atoms with E-state index in [1.807, 2.05) is 92.7 Å². The van der Waals surface area contributed by atoms with Crippen molar-refractivity contribution in [2.24, 2.45) is 5.73 Å². The molecule has 0 bridgehead atoms. The number of hydrogen-bond acceptors (Lipinski definition) is 2. The van der Waals surface area contributed by atoms with Crippen LogP contribution < -0.4 is 16.4 Å². The quantitative estimate of drug-likeness (QED) is 0.551. The number of primary amides is 1. The molecule has 5 heteroatoms. The number of nitrogens with one attached hydrogen (secondary N) is 2. The van der Waals surface area contributed by atoms with E-state index in [1.54, 1.807) is 0 Å². The minimum absolute atomic E-state index is 0.0863. The van der Waals surface area contributed by atoms with Crippen molar-refractivity contribution in [2.45, 2.75) is 32.4 Å². The molecule has 0 aliphatic rings. The Labute approximate surface area is 177 Å². The van der Waals surface area contributed by atoms with Crippen LogP contribution in [0.4, 0.5) is 4.79 Å². The minimum atomic E-state index is -0.658. The van der Waals surface area contributed by atoms with Gasteiger partial charge in [-0.2, -0.15) is 0 Å². The summed E-state index contributed by atoms with van der Waals surface area (Å²) in [5, 5.41) is 5.84. The van der Waals surface area contributed by atoms with Crippen molar-refractivity contribution in [3.05, 3.63) is 107 Å². The number of carbonyl (C=O) groups excluding carboxylic acids is 2. The van der Waals surface area contributed by atoms with Gasteiger partial charge in [0.25, 0.3) is 0 Å². The van der Waals surface area contributed by atoms with E-state index in [9.17, 15) is 9.59 Å². The van der Waals surface area contributed by atoms with E-state index in [4.69, 9.17) is 5.73 Å². The average molecular weight is 402 g/mol. The zero-order valence-corrected chi connectivity index (χ0v) is 17.3. The Bertz CT molecular complexity index is 1000. The Hall–Kier alpha value is -3.60. The van der Waals surface area contributed by atoms with Gasteiger partial charge in [0, 0.05) is 0 Å². The lowest BCUT2D eigenvalue weighted by Gasteiger charge is -2.23. The molecule has 0 aromatic heterocycles. The molecule has 154 valence electrons. The smallest absolute Gasteiger partial charge is 0.312 e. The third kappa shape index (κ3) is 5.47. The molecule has 0 saturated heterocycles. The first-order chi connectivity index (χ1) is 14.4. The first-order valence-corrected chi connectivity index (χ1v) is 9.96. The number of hydrogen-bond donors (Lipinski definition) is 3. The van der Waals surface area contributed by atoms with Gasteiger partial charge in [0.2, 0.25) is 5.91 Å². The summed E-state index contributed by atoms with van der Waals surface area (Å²) in [5.41, 5.74) is 10.4. The molecule has 4 N–H and O–H groups in total. The van der Waals surface area contributed by atoms with E-state index >= 15 is 0 Å². The molecule has 5 nitrogen and oxygen atoms in total. The largest absolute Gasteiger partial charge is 0.352 e. The number of nitrogens with two attached hydrogens (primary N) is 1. The highest BCUT2D eigenvalue weighted by Crippen LogP contribution is 2.25. The predicted octanol–water partition coefficient (Wildman–Crippen LogP) is 4.31. The molecule has 2 atom stereocenters. The predicted molar refractivity (Wildman–Crippen MR) is 119 cm³/mol. The van der Waals surface area contributed by atoms with Gasteiger partial charge < -0.3 is 16.4 Å². The lowest BCUT2D eigenvalue weighted by molar-refractivity contribution is -0.122. The molecule has 0 radical (unpaired) electrons. The minimum Gasteiger partial charge on any atom is -0.352 e. The van der Waals surface area contributed by atoms with Gasteiger partial charge in [0.15, 0.2) is 0 Å². The van der Waals surface area contributed by atoms with Gasteiger partial charge in [-0.25, -0.2) is 4.79 Å². The molecule has 0 fully saturated rings. The zero-order valence-electron chi connectivity index (χ0n) is 17.3. The van der Waals surface area contributed by atoms with Gasteiger partial charge in [-0.3, -0.25) is 4.79 Å². The molecular weight excluding hydrogens is 374 g/mol. The van der Waals surface area contributed by atoms with Gasteiger partial charge in [0.1, 0.15) is 0 Å². The standard InChI is InChI=1S/C25H27N3O2/c1-17-12-14-20(15-13-17)24(19-9-4-3-5-10-19)28-23(29)16-22(27-25(26)30)21-11-7-6-8-18(21)2/h3-15,22,24H,16H2,1-2H3,(H,28,29)(H3,26,27,30). The highest BCUT2D eigenvalue weighted by molar-refractivity contribution is 5.79. The van der Waals surface area contributed by atoms with Gasteiger partial charge in [-0.1, -0.05) is 84.4 Å². The van der Waals surface area contributed by atoms with E-state index in [1.165, 1.54) is 0 Å². The summed E-state index contributed by atoms with van der Waals surface area (Å²) >= 11 is 0.